The molecule has 0 spiro atoms. The Morgan fingerprint density at radius 1 is 0.952 bits per heavy atom. The minimum absolute atomic E-state index is 0.0853. The van der Waals surface area contributed by atoms with Crippen LogP contribution in [-0.4, -0.2) is 12.5 Å². The van der Waals surface area contributed by atoms with Crippen molar-refractivity contribution in [2.45, 2.75) is 20.8 Å². The van der Waals surface area contributed by atoms with Gasteiger partial charge in [0.25, 0.3) is 5.91 Å². The molecule has 0 saturated carbocycles. The first kappa shape index (κ1) is 15.1. The average Bonchev–Trinajstić information content (AvgIpc) is 2.47. The Bertz CT molecular complexity index is 586. The summed E-state index contributed by atoms with van der Waals surface area (Å²) in [4.78, 5) is 12.1. The van der Waals surface area contributed by atoms with E-state index in [9.17, 15) is 4.79 Å². The fourth-order valence-electron chi connectivity index (χ4n) is 1.90. The molecule has 0 fully saturated rings. The summed E-state index contributed by atoms with van der Waals surface area (Å²) in [5.74, 6) is 0.517. The lowest BCUT2D eigenvalue weighted by Crippen LogP contribution is -2.12. The van der Waals surface area contributed by atoms with Gasteiger partial charge in [0, 0.05) is 23.5 Å². The molecule has 0 atom stereocenters. The number of amides is 1. The number of carbonyl (C=O) groups excluding carboxylic acids is 1. The average molecular weight is 282 g/mol. The third-order valence-electron chi connectivity index (χ3n) is 3.17. The van der Waals surface area contributed by atoms with Gasteiger partial charge < -0.3 is 10.6 Å². The zero-order valence-electron chi connectivity index (χ0n) is 12.8. The van der Waals surface area contributed by atoms with Crippen LogP contribution in [0.4, 0.5) is 11.4 Å². The van der Waals surface area contributed by atoms with Crippen LogP contribution in [0.1, 0.15) is 29.8 Å². The highest BCUT2D eigenvalue weighted by Crippen LogP contribution is 2.15. The van der Waals surface area contributed by atoms with E-state index in [4.69, 9.17) is 0 Å². The van der Waals surface area contributed by atoms with E-state index in [1.54, 1.807) is 0 Å². The summed E-state index contributed by atoms with van der Waals surface area (Å²) in [6.07, 6.45) is 0. The van der Waals surface area contributed by atoms with E-state index in [2.05, 4.69) is 24.5 Å². The van der Waals surface area contributed by atoms with Crippen LogP contribution in [0.2, 0.25) is 0 Å². The van der Waals surface area contributed by atoms with Gasteiger partial charge in [-0.15, -0.1) is 0 Å². The topological polar surface area (TPSA) is 41.1 Å². The molecular formula is C18H22N2O. The van der Waals surface area contributed by atoms with E-state index < -0.39 is 0 Å². The number of rotatable bonds is 5. The quantitative estimate of drug-likeness (QED) is 0.857. The zero-order chi connectivity index (χ0) is 15.2. The lowest BCUT2D eigenvalue weighted by molar-refractivity contribution is 0.102. The van der Waals surface area contributed by atoms with Crippen LogP contribution in [-0.2, 0) is 0 Å². The van der Waals surface area contributed by atoms with Crippen LogP contribution in [0.3, 0.4) is 0 Å². The van der Waals surface area contributed by atoms with Crippen molar-refractivity contribution in [1.82, 2.24) is 0 Å². The Kier molecular flexibility index (Phi) is 4.99. The first-order valence-electron chi connectivity index (χ1n) is 7.26. The number of benzene rings is 2. The van der Waals surface area contributed by atoms with Crippen LogP contribution in [0.5, 0.6) is 0 Å². The molecule has 2 aromatic rings. The number of carbonyl (C=O) groups is 1. The normalized spacial score (nSPS) is 10.5. The van der Waals surface area contributed by atoms with Gasteiger partial charge in [-0.1, -0.05) is 31.5 Å². The van der Waals surface area contributed by atoms with Gasteiger partial charge >= 0.3 is 0 Å². The Morgan fingerprint density at radius 3 is 2.10 bits per heavy atom. The summed E-state index contributed by atoms with van der Waals surface area (Å²) >= 11 is 0. The van der Waals surface area contributed by atoms with E-state index in [-0.39, 0.29) is 5.91 Å². The van der Waals surface area contributed by atoms with Crippen molar-refractivity contribution >= 4 is 17.3 Å². The van der Waals surface area contributed by atoms with Gasteiger partial charge in [-0.05, 0) is 49.2 Å². The first-order valence-corrected chi connectivity index (χ1v) is 7.26. The molecule has 0 aliphatic carbocycles. The summed E-state index contributed by atoms with van der Waals surface area (Å²) in [6.45, 7) is 7.28. The second kappa shape index (κ2) is 6.93. The van der Waals surface area contributed by atoms with Crippen molar-refractivity contribution in [3.05, 3.63) is 59.7 Å². The molecule has 0 aliphatic heterocycles. The van der Waals surface area contributed by atoms with Crippen LogP contribution in [0.25, 0.3) is 0 Å². The fraction of sp³-hybridized carbons (Fsp3) is 0.278. The smallest absolute Gasteiger partial charge is 0.255 e. The van der Waals surface area contributed by atoms with Gasteiger partial charge in [-0.2, -0.15) is 0 Å². The van der Waals surface area contributed by atoms with Gasteiger partial charge in [0.1, 0.15) is 0 Å². The molecule has 0 heterocycles. The van der Waals surface area contributed by atoms with Crippen molar-refractivity contribution in [2.75, 3.05) is 17.2 Å². The summed E-state index contributed by atoms with van der Waals surface area (Å²) < 4.78 is 0. The van der Waals surface area contributed by atoms with Crippen molar-refractivity contribution in [1.29, 1.82) is 0 Å². The lowest BCUT2D eigenvalue weighted by Gasteiger charge is -2.10. The molecule has 3 nitrogen and oxygen atoms in total. The molecule has 2 aromatic carbocycles. The number of aryl methyl sites for hydroxylation is 1. The zero-order valence-corrected chi connectivity index (χ0v) is 12.8. The predicted molar refractivity (Wildman–Crippen MR) is 88.9 cm³/mol. The summed E-state index contributed by atoms with van der Waals surface area (Å²) in [6, 6.07) is 15.3. The number of hydrogen-bond donors (Lipinski definition) is 2. The summed E-state index contributed by atoms with van der Waals surface area (Å²) in [7, 11) is 0. The standard InChI is InChI=1S/C18H22N2O/c1-13(2)12-19-16-8-10-17(11-9-16)20-18(21)15-6-4-14(3)5-7-15/h4-11,13,19H,12H2,1-3H3,(H,20,21). The van der Waals surface area contributed by atoms with Crippen molar-refractivity contribution in [3.8, 4) is 0 Å². The van der Waals surface area contributed by atoms with E-state index in [0.29, 0.717) is 11.5 Å². The molecule has 0 aliphatic rings. The van der Waals surface area contributed by atoms with Crippen molar-refractivity contribution < 1.29 is 4.79 Å². The fourth-order valence-corrected chi connectivity index (χ4v) is 1.90. The van der Waals surface area contributed by atoms with E-state index in [1.165, 1.54) is 0 Å². The maximum atomic E-state index is 12.1. The molecule has 21 heavy (non-hydrogen) atoms. The summed E-state index contributed by atoms with van der Waals surface area (Å²) in [5, 5.41) is 6.25. The molecule has 0 bridgehead atoms. The third kappa shape index (κ3) is 4.63. The van der Waals surface area contributed by atoms with E-state index in [0.717, 1.165) is 23.5 Å². The van der Waals surface area contributed by atoms with E-state index >= 15 is 0 Å². The van der Waals surface area contributed by atoms with Crippen LogP contribution in [0.15, 0.2) is 48.5 Å². The largest absolute Gasteiger partial charge is 0.385 e. The molecule has 3 heteroatoms. The molecule has 2 N–H and O–H groups in total. The SMILES string of the molecule is Cc1ccc(C(=O)Nc2ccc(NCC(C)C)cc2)cc1. The molecule has 110 valence electrons. The highest BCUT2D eigenvalue weighted by Gasteiger charge is 2.05. The molecule has 1 amide bonds. The Labute approximate surface area is 126 Å². The maximum absolute atomic E-state index is 12.1. The first-order chi connectivity index (χ1) is 10.0. The Hall–Kier alpha value is -2.29. The van der Waals surface area contributed by atoms with Crippen LogP contribution >= 0.6 is 0 Å². The number of hydrogen-bond acceptors (Lipinski definition) is 2. The lowest BCUT2D eigenvalue weighted by atomic mass is 10.1. The Morgan fingerprint density at radius 2 is 1.52 bits per heavy atom. The van der Waals surface area contributed by atoms with Crippen LogP contribution < -0.4 is 10.6 Å². The second-order valence-corrected chi connectivity index (χ2v) is 5.67. The highest BCUT2D eigenvalue weighted by molar-refractivity contribution is 6.04. The highest BCUT2D eigenvalue weighted by atomic mass is 16.1. The molecule has 0 radical (unpaired) electrons. The van der Waals surface area contributed by atoms with Crippen molar-refractivity contribution in [3.63, 3.8) is 0 Å². The van der Waals surface area contributed by atoms with Gasteiger partial charge in [0.2, 0.25) is 0 Å². The molecule has 0 aromatic heterocycles. The van der Waals surface area contributed by atoms with Crippen LogP contribution in [0, 0.1) is 12.8 Å². The van der Waals surface area contributed by atoms with Gasteiger partial charge in [-0.3, -0.25) is 4.79 Å². The number of nitrogens with one attached hydrogen (secondary N) is 2. The Balaban J connectivity index is 1.96. The molecule has 0 unspecified atom stereocenters. The minimum Gasteiger partial charge on any atom is -0.385 e. The van der Waals surface area contributed by atoms with Gasteiger partial charge in [0.05, 0.1) is 0 Å². The third-order valence-corrected chi connectivity index (χ3v) is 3.17. The summed E-state index contributed by atoms with van der Waals surface area (Å²) in [5.41, 5.74) is 3.68. The van der Waals surface area contributed by atoms with E-state index in [1.807, 2.05) is 55.5 Å². The van der Waals surface area contributed by atoms with Gasteiger partial charge in [0.15, 0.2) is 0 Å². The number of anilines is 2. The minimum atomic E-state index is -0.0853. The second-order valence-electron chi connectivity index (χ2n) is 5.67. The predicted octanol–water partition coefficient (Wildman–Crippen LogP) is 4.32. The monoisotopic (exact) mass is 282 g/mol. The molecule has 2 rings (SSSR count). The molecular weight excluding hydrogens is 260 g/mol. The maximum Gasteiger partial charge on any atom is 0.255 e. The molecule has 0 saturated heterocycles. The van der Waals surface area contributed by atoms with Gasteiger partial charge in [-0.25, -0.2) is 0 Å². The van der Waals surface area contributed by atoms with Crippen molar-refractivity contribution in [2.24, 2.45) is 5.92 Å².